The summed E-state index contributed by atoms with van der Waals surface area (Å²) in [7, 11) is 0. The summed E-state index contributed by atoms with van der Waals surface area (Å²) in [5.41, 5.74) is 5.33. The highest BCUT2D eigenvalue weighted by Crippen LogP contribution is 2.23. The second-order valence-corrected chi connectivity index (χ2v) is 6.30. The molecular formula is C14H22N2O4S. The van der Waals surface area contributed by atoms with Crippen LogP contribution < -0.4 is 5.73 Å². The minimum Gasteiger partial charge on any atom is -0.593 e. The number of hydrogen-bond donors (Lipinski definition) is 2. The van der Waals surface area contributed by atoms with Crippen molar-refractivity contribution in [2.24, 2.45) is 5.73 Å². The van der Waals surface area contributed by atoms with Crippen LogP contribution in [-0.4, -0.2) is 59.5 Å². The van der Waals surface area contributed by atoms with Crippen molar-refractivity contribution in [3.63, 3.8) is 0 Å². The summed E-state index contributed by atoms with van der Waals surface area (Å²) in [6.07, 6.45) is 0.952. The van der Waals surface area contributed by atoms with Crippen molar-refractivity contribution in [2.75, 3.05) is 39.5 Å². The average molecular weight is 314 g/mol. The zero-order valence-electron chi connectivity index (χ0n) is 11.9. The maximum Gasteiger partial charge on any atom is 0.174 e. The van der Waals surface area contributed by atoms with Crippen LogP contribution in [0.1, 0.15) is 6.42 Å². The lowest BCUT2D eigenvalue weighted by Gasteiger charge is -2.19. The van der Waals surface area contributed by atoms with Crippen LogP contribution in [0.15, 0.2) is 29.2 Å². The number of hydrogen-bond acceptors (Lipinski definition) is 6. The van der Waals surface area contributed by atoms with Crippen molar-refractivity contribution < 1.29 is 19.1 Å². The third kappa shape index (κ3) is 5.14. The molecule has 0 bridgehead atoms. The summed E-state index contributed by atoms with van der Waals surface area (Å²) >= 11 is -1.20. The van der Waals surface area contributed by atoms with Gasteiger partial charge in [0.15, 0.2) is 4.90 Å². The van der Waals surface area contributed by atoms with Gasteiger partial charge >= 0.3 is 0 Å². The van der Waals surface area contributed by atoms with Crippen molar-refractivity contribution in [1.82, 2.24) is 4.31 Å². The molecule has 0 aromatic heterocycles. The van der Waals surface area contributed by atoms with Gasteiger partial charge in [-0.25, -0.2) is 0 Å². The first-order valence-electron chi connectivity index (χ1n) is 7.06. The van der Waals surface area contributed by atoms with E-state index in [1.165, 1.54) is 0 Å². The average Bonchev–Trinajstić information content (AvgIpc) is 2.96. The molecule has 2 rings (SSSR count). The summed E-state index contributed by atoms with van der Waals surface area (Å²) < 4.78 is 25.2. The molecule has 1 fully saturated rings. The largest absolute Gasteiger partial charge is 0.593 e. The molecule has 2 atom stereocenters. The number of phenolic OH excluding ortho intramolecular Hbond substituents is 1. The molecule has 0 spiro atoms. The summed E-state index contributed by atoms with van der Waals surface area (Å²) in [6.45, 7) is 3.51. The molecule has 1 unspecified atom stereocenters. The van der Waals surface area contributed by atoms with Crippen molar-refractivity contribution >= 4 is 11.4 Å². The van der Waals surface area contributed by atoms with Gasteiger partial charge in [0.2, 0.25) is 0 Å². The Balaban J connectivity index is 1.72. The van der Waals surface area contributed by atoms with Gasteiger partial charge in [0.05, 0.1) is 43.8 Å². The van der Waals surface area contributed by atoms with Gasteiger partial charge in [0.25, 0.3) is 0 Å². The molecule has 0 aliphatic carbocycles. The molecule has 1 heterocycles. The first-order chi connectivity index (χ1) is 10.2. The van der Waals surface area contributed by atoms with Crippen LogP contribution in [0, 0.1) is 0 Å². The molecule has 1 aliphatic rings. The fourth-order valence-corrected chi connectivity index (χ4v) is 3.39. The summed E-state index contributed by atoms with van der Waals surface area (Å²) in [4.78, 5) is 0.694. The zero-order chi connectivity index (χ0) is 15.1. The first kappa shape index (κ1) is 16.5. The molecule has 1 aliphatic heterocycles. The van der Waals surface area contributed by atoms with E-state index in [0.29, 0.717) is 37.8 Å². The van der Waals surface area contributed by atoms with Gasteiger partial charge in [-0.05, 0) is 30.7 Å². The molecule has 1 aromatic carbocycles. The van der Waals surface area contributed by atoms with Gasteiger partial charge in [0.1, 0.15) is 5.75 Å². The van der Waals surface area contributed by atoms with E-state index < -0.39 is 11.4 Å². The smallest absolute Gasteiger partial charge is 0.174 e. The Hall–Kier alpha value is -0.830. The lowest BCUT2D eigenvalue weighted by atomic mass is 10.3. The van der Waals surface area contributed by atoms with E-state index in [1.807, 2.05) is 4.31 Å². The van der Waals surface area contributed by atoms with Gasteiger partial charge in [-0.3, -0.25) is 0 Å². The van der Waals surface area contributed by atoms with E-state index in [4.69, 9.17) is 15.2 Å². The Morgan fingerprint density at radius 3 is 2.76 bits per heavy atom. The highest BCUT2D eigenvalue weighted by atomic mass is 32.2. The van der Waals surface area contributed by atoms with E-state index in [-0.39, 0.29) is 11.9 Å². The lowest BCUT2D eigenvalue weighted by molar-refractivity contribution is 0.0131. The Labute approximate surface area is 128 Å². The monoisotopic (exact) mass is 314 g/mol. The van der Waals surface area contributed by atoms with Crippen LogP contribution in [0.5, 0.6) is 5.75 Å². The third-order valence-electron chi connectivity index (χ3n) is 3.22. The van der Waals surface area contributed by atoms with Crippen molar-refractivity contribution in [3.8, 4) is 5.75 Å². The maximum absolute atomic E-state index is 12.4. The molecule has 1 saturated heterocycles. The summed E-state index contributed by atoms with van der Waals surface area (Å²) in [5, 5.41) is 9.25. The molecular weight excluding hydrogens is 292 g/mol. The van der Waals surface area contributed by atoms with E-state index >= 15 is 0 Å². The standard InChI is InChI=1S/C14H22N2O4S/c15-6-8-19-9-10-20-13-5-7-16(11-13)21(18)14-3-1-12(17)2-4-14/h1-4,13,17H,5-11,15H2/t13-,21?/m1/s1. The Bertz CT molecular complexity index is 418. The number of nitrogens with two attached hydrogens (primary N) is 1. The fourth-order valence-electron chi connectivity index (χ4n) is 2.16. The van der Waals surface area contributed by atoms with Gasteiger partial charge < -0.3 is 24.9 Å². The van der Waals surface area contributed by atoms with Gasteiger partial charge in [0, 0.05) is 13.1 Å². The number of nitrogens with zero attached hydrogens (tertiary/aromatic N) is 1. The van der Waals surface area contributed by atoms with Crippen LogP contribution in [0.3, 0.4) is 0 Å². The zero-order valence-corrected chi connectivity index (χ0v) is 12.8. The highest BCUT2D eigenvalue weighted by Gasteiger charge is 2.32. The predicted octanol–water partition coefficient (Wildman–Crippen LogP) is 0.481. The Morgan fingerprint density at radius 2 is 2.05 bits per heavy atom. The lowest BCUT2D eigenvalue weighted by Crippen LogP contribution is -2.30. The first-order valence-corrected chi connectivity index (χ1v) is 8.16. The topological polar surface area (TPSA) is 91.0 Å². The predicted molar refractivity (Wildman–Crippen MR) is 80.3 cm³/mol. The second-order valence-electron chi connectivity index (χ2n) is 4.81. The normalized spacial score (nSPS) is 20.8. The molecule has 0 amide bonds. The summed E-state index contributed by atoms with van der Waals surface area (Å²) in [6, 6.07) is 6.46. The summed E-state index contributed by atoms with van der Waals surface area (Å²) in [5.74, 6) is 0.177. The number of benzene rings is 1. The molecule has 0 radical (unpaired) electrons. The maximum atomic E-state index is 12.4. The molecule has 118 valence electrons. The fraction of sp³-hybridized carbons (Fsp3) is 0.571. The van der Waals surface area contributed by atoms with Crippen LogP contribution >= 0.6 is 0 Å². The van der Waals surface area contributed by atoms with Crippen LogP contribution in [0.25, 0.3) is 0 Å². The van der Waals surface area contributed by atoms with Crippen LogP contribution in [0.2, 0.25) is 0 Å². The minimum absolute atomic E-state index is 0.0903. The molecule has 7 heteroatoms. The molecule has 0 saturated carbocycles. The number of phenols is 1. The van der Waals surface area contributed by atoms with Crippen molar-refractivity contribution in [2.45, 2.75) is 17.4 Å². The highest BCUT2D eigenvalue weighted by molar-refractivity contribution is 7.89. The molecule has 21 heavy (non-hydrogen) atoms. The number of aromatic hydroxyl groups is 1. The Morgan fingerprint density at radius 1 is 1.29 bits per heavy atom. The minimum atomic E-state index is -1.20. The molecule has 1 aromatic rings. The second kappa shape index (κ2) is 8.57. The van der Waals surface area contributed by atoms with Crippen LogP contribution in [0.4, 0.5) is 0 Å². The molecule has 3 N–H and O–H groups in total. The Kier molecular flexibility index (Phi) is 6.75. The van der Waals surface area contributed by atoms with E-state index in [0.717, 1.165) is 13.0 Å². The third-order valence-corrected chi connectivity index (χ3v) is 4.70. The van der Waals surface area contributed by atoms with Gasteiger partial charge in [-0.2, -0.15) is 0 Å². The van der Waals surface area contributed by atoms with E-state index in [2.05, 4.69) is 0 Å². The van der Waals surface area contributed by atoms with Crippen molar-refractivity contribution in [1.29, 1.82) is 0 Å². The van der Waals surface area contributed by atoms with Gasteiger partial charge in [-0.15, -0.1) is 4.31 Å². The SMILES string of the molecule is NCCOCCO[C@@H]1CCN([S+]([O-])c2ccc(O)cc2)C1. The van der Waals surface area contributed by atoms with Gasteiger partial charge in [-0.1, -0.05) is 0 Å². The van der Waals surface area contributed by atoms with E-state index in [9.17, 15) is 9.66 Å². The molecule has 6 nitrogen and oxygen atoms in total. The number of rotatable bonds is 8. The van der Waals surface area contributed by atoms with Crippen LogP contribution in [-0.2, 0) is 20.8 Å². The van der Waals surface area contributed by atoms with Crippen molar-refractivity contribution in [3.05, 3.63) is 24.3 Å². The quantitative estimate of drug-likeness (QED) is 0.536. The number of ether oxygens (including phenoxy) is 2. The van der Waals surface area contributed by atoms with E-state index in [1.54, 1.807) is 24.3 Å².